The van der Waals surface area contributed by atoms with Crippen LogP contribution in [-0.4, -0.2) is 29.8 Å². The van der Waals surface area contributed by atoms with E-state index in [0.29, 0.717) is 5.89 Å². The standard InChI is InChI=1S/C14H14F3N3O2/c15-11-2-1-9(21-14(16)17)7-10(11)12-19-13(22-20-12)8-3-5-18-6-4-8/h1-2,7-8,14,18H,3-6H2. The average Bonchev–Trinajstić information content (AvgIpc) is 2.99. The molecule has 1 aromatic heterocycles. The summed E-state index contributed by atoms with van der Waals surface area (Å²) in [6.45, 7) is -1.27. The van der Waals surface area contributed by atoms with E-state index in [9.17, 15) is 13.2 Å². The van der Waals surface area contributed by atoms with Gasteiger partial charge in [-0.3, -0.25) is 0 Å². The van der Waals surface area contributed by atoms with Gasteiger partial charge in [0.1, 0.15) is 11.6 Å². The number of alkyl halides is 2. The fourth-order valence-electron chi connectivity index (χ4n) is 2.43. The van der Waals surface area contributed by atoms with E-state index in [1.54, 1.807) is 0 Å². The molecule has 0 aliphatic carbocycles. The second kappa shape index (κ2) is 6.35. The number of benzene rings is 1. The van der Waals surface area contributed by atoms with Crippen molar-refractivity contribution in [2.45, 2.75) is 25.4 Å². The van der Waals surface area contributed by atoms with Gasteiger partial charge in [0.25, 0.3) is 0 Å². The van der Waals surface area contributed by atoms with Gasteiger partial charge in [0.05, 0.1) is 5.56 Å². The molecule has 0 unspecified atom stereocenters. The van der Waals surface area contributed by atoms with Gasteiger partial charge >= 0.3 is 6.61 Å². The van der Waals surface area contributed by atoms with Crippen molar-refractivity contribution in [3.63, 3.8) is 0 Å². The zero-order chi connectivity index (χ0) is 15.5. The normalized spacial score (nSPS) is 16.2. The van der Waals surface area contributed by atoms with E-state index in [4.69, 9.17) is 4.52 Å². The molecule has 1 aromatic carbocycles. The number of nitrogens with zero attached hydrogens (tertiary/aromatic N) is 2. The molecule has 0 bridgehead atoms. The fourth-order valence-corrected chi connectivity index (χ4v) is 2.43. The molecule has 2 aromatic rings. The van der Waals surface area contributed by atoms with Crippen molar-refractivity contribution in [2.75, 3.05) is 13.1 Å². The molecule has 0 spiro atoms. The van der Waals surface area contributed by atoms with Crippen LogP contribution in [0.5, 0.6) is 5.75 Å². The summed E-state index contributed by atoms with van der Waals surface area (Å²) >= 11 is 0. The summed E-state index contributed by atoms with van der Waals surface area (Å²) in [6.07, 6.45) is 1.72. The molecule has 0 atom stereocenters. The minimum atomic E-state index is -2.98. The van der Waals surface area contributed by atoms with Crippen LogP contribution in [0.1, 0.15) is 24.7 Å². The first kappa shape index (κ1) is 14.8. The minimum Gasteiger partial charge on any atom is -0.435 e. The Morgan fingerprint density at radius 2 is 2.05 bits per heavy atom. The lowest BCUT2D eigenvalue weighted by Crippen LogP contribution is -2.26. The summed E-state index contributed by atoms with van der Waals surface area (Å²) in [5.74, 6) is -0.174. The quantitative estimate of drug-likeness (QED) is 0.940. The average molecular weight is 313 g/mol. The fraction of sp³-hybridized carbons (Fsp3) is 0.429. The molecule has 22 heavy (non-hydrogen) atoms. The molecule has 5 nitrogen and oxygen atoms in total. The van der Waals surface area contributed by atoms with E-state index in [1.807, 2.05) is 0 Å². The van der Waals surface area contributed by atoms with Crippen molar-refractivity contribution >= 4 is 0 Å². The Balaban J connectivity index is 1.85. The van der Waals surface area contributed by atoms with Crippen LogP contribution < -0.4 is 10.1 Å². The van der Waals surface area contributed by atoms with Crippen LogP contribution in [0.3, 0.4) is 0 Å². The highest BCUT2D eigenvalue weighted by Gasteiger charge is 2.23. The lowest BCUT2D eigenvalue weighted by molar-refractivity contribution is -0.0498. The Labute approximate surface area is 124 Å². The highest BCUT2D eigenvalue weighted by Crippen LogP contribution is 2.29. The lowest BCUT2D eigenvalue weighted by atomic mass is 9.98. The first-order valence-corrected chi connectivity index (χ1v) is 6.92. The molecule has 2 heterocycles. The van der Waals surface area contributed by atoms with E-state index < -0.39 is 12.4 Å². The van der Waals surface area contributed by atoms with Crippen LogP contribution in [0.15, 0.2) is 22.7 Å². The van der Waals surface area contributed by atoms with Crippen molar-refractivity contribution in [1.29, 1.82) is 0 Å². The number of halogens is 3. The van der Waals surface area contributed by atoms with E-state index >= 15 is 0 Å². The zero-order valence-corrected chi connectivity index (χ0v) is 11.6. The molecule has 118 valence electrons. The molecule has 0 amide bonds. The molecule has 8 heteroatoms. The summed E-state index contributed by atoms with van der Waals surface area (Å²) in [6, 6.07) is 3.30. The van der Waals surface area contributed by atoms with Gasteiger partial charge < -0.3 is 14.6 Å². The predicted molar refractivity (Wildman–Crippen MR) is 71.2 cm³/mol. The second-order valence-corrected chi connectivity index (χ2v) is 5.00. The number of aromatic nitrogens is 2. The van der Waals surface area contributed by atoms with Gasteiger partial charge in [0.2, 0.25) is 11.7 Å². The lowest BCUT2D eigenvalue weighted by Gasteiger charge is -2.18. The molecule has 0 saturated carbocycles. The Kier molecular flexibility index (Phi) is 4.28. The first-order chi connectivity index (χ1) is 10.6. The van der Waals surface area contributed by atoms with Gasteiger partial charge in [-0.15, -0.1) is 0 Å². The third-order valence-electron chi connectivity index (χ3n) is 3.53. The molecule has 1 aliphatic rings. The highest BCUT2D eigenvalue weighted by molar-refractivity contribution is 5.58. The Hall–Kier alpha value is -2.09. The van der Waals surface area contributed by atoms with Crippen molar-refractivity contribution in [3.05, 3.63) is 29.9 Å². The Bertz CT molecular complexity index is 642. The molecule has 1 aliphatic heterocycles. The van der Waals surface area contributed by atoms with Gasteiger partial charge in [0, 0.05) is 5.92 Å². The van der Waals surface area contributed by atoms with E-state index in [1.165, 1.54) is 0 Å². The minimum absolute atomic E-state index is 0.0258. The monoisotopic (exact) mass is 313 g/mol. The summed E-state index contributed by atoms with van der Waals surface area (Å²) in [5.41, 5.74) is -0.0258. The number of ether oxygens (including phenoxy) is 1. The maximum Gasteiger partial charge on any atom is 0.387 e. The maximum absolute atomic E-state index is 13.9. The Morgan fingerprint density at radius 1 is 1.27 bits per heavy atom. The van der Waals surface area contributed by atoms with Crippen LogP contribution in [0.2, 0.25) is 0 Å². The van der Waals surface area contributed by atoms with Gasteiger partial charge in [-0.05, 0) is 44.1 Å². The third kappa shape index (κ3) is 3.22. The predicted octanol–water partition coefficient (Wildman–Crippen LogP) is 2.94. The summed E-state index contributed by atoms with van der Waals surface area (Å²) in [4.78, 5) is 4.20. The van der Waals surface area contributed by atoms with Crippen molar-refractivity contribution in [2.24, 2.45) is 0 Å². The van der Waals surface area contributed by atoms with Crippen LogP contribution in [0.4, 0.5) is 13.2 Å². The van der Waals surface area contributed by atoms with E-state index in [2.05, 4.69) is 20.2 Å². The zero-order valence-electron chi connectivity index (χ0n) is 11.6. The van der Waals surface area contributed by atoms with E-state index in [-0.39, 0.29) is 23.1 Å². The number of hydrogen-bond donors (Lipinski definition) is 1. The largest absolute Gasteiger partial charge is 0.435 e. The third-order valence-corrected chi connectivity index (χ3v) is 3.53. The first-order valence-electron chi connectivity index (χ1n) is 6.92. The highest BCUT2D eigenvalue weighted by atomic mass is 19.3. The molecule has 1 N–H and O–H groups in total. The molecular weight excluding hydrogens is 299 g/mol. The second-order valence-electron chi connectivity index (χ2n) is 5.00. The van der Waals surface area contributed by atoms with Crippen LogP contribution in [0.25, 0.3) is 11.4 Å². The summed E-state index contributed by atoms with van der Waals surface area (Å²) in [5, 5.41) is 6.97. The summed E-state index contributed by atoms with van der Waals surface area (Å²) in [7, 11) is 0. The molecule has 1 fully saturated rings. The van der Waals surface area contributed by atoms with Gasteiger partial charge in [0.15, 0.2) is 0 Å². The van der Waals surface area contributed by atoms with Crippen LogP contribution in [-0.2, 0) is 0 Å². The number of piperidine rings is 1. The van der Waals surface area contributed by atoms with E-state index in [0.717, 1.165) is 44.1 Å². The molecule has 3 rings (SSSR count). The van der Waals surface area contributed by atoms with Crippen LogP contribution in [0, 0.1) is 5.82 Å². The molecule has 0 radical (unpaired) electrons. The van der Waals surface area contributed by atoms with Crippen molar-refractivity contribution in [1.82, 2.24) is 15.5 Å². The number of hydrogen-bond acceptors (Lipinski definition) is 5. The number of rotatable bonds is 4. The van der Waals surface area contributed by atoms with Gasteiger partial charge in [-0.1, -0.05) is 5.16 Å². The Morgan fingerprint density at radius 3 is 2.77 bits per heavy atom. The number of nitrogens with one attached hydrogen (secondary N) is 1. The molecule has 1 saturated heterocycles. The molecular formula is C14H14F3N3O2. The smallest absolute Gasteiger partial charge is 0.387 e. The van der Waals surface area contributed by atoms with Crippen LogP contribution >= 0.6 is 0 Å². The maximum atomic E-state index is 13.9. The van der Waals surface area contributed by atoms with Gasteiger partial charge in [-0.25, -0.2) is 4.39 Å². The van der Waals surface area contributed by atoms with Gasteiger partial charge in [-0.2, -0.15) is 13.8 Å². The summed E-state index contributed by atoms with van der Waals surface area (Å²) < 4.78 is 47.8. The SMILES string of the molecule is Fc1ccc(OC(F)F)cc1-c1noc(C2CCNCC2)n1. The topological polar surface area (TPSA) is 60.2 Å². The van der Waals surface area contributed by atoms with Crippen molar-refractivity contribution in [3.8, 4) is 17.1 Å². The van der Waals surface area contributed by atoms with Crippen molar-refractivity contribution < 1.29 is 22.4 Å².